The number of ether oxygens (including phenoxy) is 8. The van der Waals surface area contributed by atoms with E-state index in [1.54, 1.807) is 0 Å². The van der Waals surface area contributed by atoms with Gasteiger partial charge in [0.1, 0.15) is 0 Å². The first-order valence-corrected chi connectivity index (χ1v) is 52.2. The van der Waals surface area contributed by atoms with E-state index in [4.69, 9.17) is 37.9 Å². The molecule has 9 fully saturated rings. The first-order valence-electron chi connectivity index (χ1n) is 52.2. The average molecular weight is 1750 g/mol. The van der Waals surface area contributed by atoms with Crippen LogP contribution in [0.3, 0.4) is 0 Å². The molecule has 5 heterocycles. The smallest absolute Gasteiger partial charge is 0.0628 e. The van der Waals surface area contributed by atoms with Crippen LogP contribution in [0.1, 0.15) is 466 Å². The van der Waals surface area contributed by atoms with Crippen molar-refractivity contribution in [2.24, 2.45) is 47.3 Å². The van der Waals surface area contributed by atoms with E-state index in [1.807, 2.05) is 0 Å². The number of fused-ring (bicyclic) bond motifs is 20. The number of unbranched alkanes of at least 4 members (excludes halogenated alkanes) is 40. The summed E-state index contributed by atoms with van der Waals surface area (Å²) in [6.07, 6.45) is 88.9. The third-order valence-electron chi connectivity index (χ3n) is 26.9. The van der Waals surface area contributed by atoms with E-state index in [-0.39, 0.29) is 17.1 Å². The number of rotatable bonds is 56. The summed E-state index contributed by atoms with van der Waals surface area (Å²) in [7, 11) is 26.6. The predicted octanol–water partition coefficient (Wildman–Crippen LogP) is 27.8. The van der Waals surface area contributed by atoms with E-state index < -0.39 is 0 Å². The van der Waals surface area contributed by atoms with Crippen molar-refractivity contribution >= 4 is 0 Å². The Kier molecular flexibility index (Phi) is 91.7. The van der Waals surface area contributed by atoms with E-state index in [1.165, 1.54) is 411 Å². The maximum absolute atomic E-state index is 4.70. The molecule has 0 aromatic heterocycles. The van der Waals surface area contributed by atoms with Crippen LogP contribution in [0.4, 0.5) is 0 Å². The van der Waals surface area contributed by atoms with Gasteiger partial charge in [-0.2, -0.15) is 0 Å². The molecular formula is C104H208MnN8O8-8. The molecule has 9 aliphatic rings. The van der Waals surface area contributed by atoms with Gasteiger partial charge in [0.15, 0.2) is 0 Å². The molecule has 8 unspecified atom stereocenters. The van der Waals surface area contributed by atoms with Crippen molar-refractivity contribution in [1.29, 1.82) is 0 Å². The minimum absolute atomic E-state index is 0. The van der Waals surface area contributed by atoms with Crippen LogP contribution in [0.15, 0.2) is 0 Å². The monoisotopic (exact) mass is 1750 g/mol. The number of nitrogens with one attached hydrogen (secondary N) is 8. The van der Waals surface area contributed by atoms with Gasteiger partial charge >= 0.3 is 0 Å². The molecule has 4 aliphatic carbocycles. The normalized spacial score (nSPS) is 25.8. The zero-order valence-corrected chi connectivity index (χ0v) is 82.6. The quantitative estimate of drug-likeness (QED) is 0.0164. The Morgan fingerprint density at radius 3 is 0.339 bits per heavy atom. The van der Waals surface area contributed by atoms with Gasteiger partial charge in [-0.1, -0.05) is 364 Å². The van der Waals surface area contributed by atoms with E-state index in [9.17, 15) is 0 Å². The molecule has 8 N–H and O–H groups in total. The summed E-state index contributed by atoms with van der Waals surface area (Å²) < 4.78 is 37.6. The Balaban J connectivity index is 0.00000149. The summed E-state index contributed by atoms with van der Waals surface area (Å²) in [5, 5.41) is 33.8. The van der Waals surface area contributed by atoms with Gasteiger partial charge in [-0.05, 0) is 150 Å². The van der Waals surface area contributed by atoms with Crippen LogP contribution in [0, 0.1) is 104 Å². The van der Waals surface area contributed by atoms with E-state index in [0.717, 1.165) is 100 Å². The molecule has 5 aliphatic heterocycles. The van der Waals surface area contributed by atoms with Crippen LogP contribution in [0.25, 0.3) is 0 Å². The third kappa shape index (κ3) is 62.0. The SMILES string of the molecule is C1CCC2C3NC(NC4NC(NC5NC(NC6NC(N3)C3CCCCC63)C3CCCCC53)C3CCCCC43)C2C1.[CH2-]OCCCCCCCC.[CH2-]OCCCCCCCC.[CH2-]OCCCCCCCC.[CH2-]OCCCCCCCC.[CH2-]OCCCCCCCC.[CH2-]OCCCCCCCC.[CH2-]OCCCCCCCC.[CH2-]OCCCCCCCC.[Mn]. The predicted molar refractivity (Wildman–Crippen MR) is 515 cm³/mol. The van der Waals surface area contributed by atoms with Gasteiger partial charge in [0.05, 0.1) is 49.3 Å². The van der Waals surface area contributed by atoms with Crippen LogP contribution in [-0.2, 0) is 55.0 Å². The van der Waals surface area contributed by atoms with Gasteiger partial charge in [0.25, 0.3) is 0 Å². The van der Waals surface area contributed by atoms with Gasteiger partial charge in [0, 0.05) is 69.9 Å². The Hall–Kier alpha value is -0.121. The molecule has 5 saturated heterocycles. The summed E-state index contributed by atoms with van der Waals surface area (Å²) in [4.78, 5) is 0. The first kappa shape index (κ1) is 121. The van der Waals surface area contributed by atoms with Crippen LogP contribution in [-0.4, -0.2) is 102 Å². The summed E-state index contributed by atoms with van der Waals surface area (Å²) in [6, 6.07) is 0. The second kappa shape index (κ2) is 91.8. The largest absolute Gasteiger partial charge is 0.555 e. The fourth-order valence-corrected chi connectivity index (χ4v) is 19.8. The standard InChI is InChI=1S/C32H56N8.8C9H19O.Mn/c1-2-10-18-17(9-1)25-33-26(18)38-28-21-13-5-6-14-22(21)30(35-28)40-32-24-16-8-7-15-23(24)31(36-32)39-29-20-12-4-3-11-19(20)27(34-29)37-25;8*1-3-4-5-6-7-8-9-10-2;/h17-40H,1-16H2;8*2-9H2,1H3;/q;8*-1;. The Morgan fingerprint density at radius 1 is 0.157 bits per heavy atom. The van der Waals surface area contributed by atoms with E-state index in [2.05, 4.69) is 155 Å². The minimum Gasteiger partial charge on any atom is -0.555 e. The molecule has 9 rings (SSSR count). The fraction of sp³-hybridized carbons (Fsp3) is 0.923. The Morgan fingerprint density at radius 2 is 0.248 bits per heavy atom. The molecule has 17 heteroatoms. The van der Waals surface area contributed by atoms with Gasteiger partial charge in [-0.3, -0.25) is 42.5 Å². The average Bonchev–Trinajstić information content (AvgIpc) is 1.60. The molecule has 0 spiro atoms. The topological polar surface area (TPSA) is 170 Å². The maximum atomic E-state index is 4.70. The Bertz CT molecular complexity index is 1560. The molecule has 1 radical (unpaired) electrons. The van der Waals surface area contributed by atoms with Crippen LogP contribution in [0.5, 0.6) is 0 Å². The molecule has 0 aromatic carbocycles. The summed E-state index contributed by atoms with van der Waals surface area (Å²) >= 11 is 0. The van der Waals surface area contributed by atoms with Crippen molar-refractivity contribution in [1.82, 2.24) is 42.5 Å². The van der Waals surface area contributed by atoms with Crippen molar-refractivity contribution in [3.63, 3.8) is 0 Å². The number of hydrogen-bond donors (Lipinski definition) is 8. The molecule has 8 atom stereocenters. The van der Waals surface area contributed by atoms with E-state index >= 15 is 0 Å². The molecule has 16 nitrogen and oxygen atoms in total. The van der Waals surface area contributed by atoms with E-state index in [0.29, 0.717) is 49.3 Å². The fourth-order valence-electron chi connectivity index (χ4n) is 19.8. The van der Waals surface area contributed by atoms with Crippen LogP contribution < -0.4 is 42.5 Å². The number of hydrogen-bond acceptors (Lipinski definition) is 16. The molecule has 0 amide bonds. The van der Waals surface area contributed by atoms with Gasteiger partial charge in [-0.15, -0.1) is 0 Å². The zero-order valence-electron chi connectivity index (χ0n) is 81.5. The summed E-state index contributed by atoms with van der Waals surface area (Å²) in [6.45, 7) is 24.5. The minimum atomic E-state index is 0. The first-order chi connectivity index (χ1) is 59.1. The molecular weight excluding hydrogens is 1540 g/mol. The second-order valence-electron chi connectivity index (χ2n) is 37.0. The van der Waals surface area contributed by atoms with Crippen molar-refractivity contribution in [3.05, 3.63) is 56.9 Å². The van der Waals surface area contributed by atoms with Crippen LogP contribution >= 0.6 is 0 Å². The maximum Gasteiger partial charge on any atom is 0.0628 e. The van der Waals surface area contributed by atoms with Gasteiger partial charge < -0.3 is 37.9 Å². The van der Waals surface area contributed by atoms with Crippen molar-refractivity contribution in [2.75, 3.05) is 52.9 Å². The Labute approximate surface area is 765 Å². The molecule has 121 heavy (non-hydrogen) atoms. The van der Waals surface area contributed by atoms with Gasteiger partial charge in [0.2, 0.25) is 0 Å². The third-order valence-corrected chi connectivity index (χ3v) is 26.9. The van der Waals surface area contributed by atoms with Crippen molar-refractivity contribution in [3.8, 4) is 0 Å². The molecule has 4 saturated carbocycles. The van der Waals surface area contributed by atoms with Crippen molar-refractivity contribution < 1.29 is 55.0 Å². The van der Waals surface area contributed by atoms with Crippen molar-refractivity contribution in [2.45, 2.75) is 516 Å². The molecule has 8 bridgehead atoms. The molecule has 0 aromatic rings. The van der Waals surface area contributed by atoms with Gasteiger partial charge in [-0.25, -0.2) is 56.9 Å². The summed E-state index contributed by atoms with van der Waals surface area (Å²) in [5.41, 5.74) is 0. The van der Waals surface area contributed by atoms with Crippen LogP contribution in [0.2, 0.25) is 0 Å². The zero-order chi connectivity index (χ0) is 87.5. The molecule has 727 valence electrons. The second-order valence-corrected chi connectivity index (χ2v) is 37.0. The summed E-state index contributed by atoms with van der Waals surface area (Å²) in [5.74, 6) is 5.97.